The first kappa shape index (κ1) is 26.7. The van der Waals surface area contributed by atoms with Gasteiger partial charge in [-0.05, 0) is 61.0 Å². The lowest BCUT2D eigenvalue weighted by Crippen LogP contribution is -2.54. The van der Waals surface area contributed by atoms with E-state index in [9.17, 15) is 19.2 Å². The van der Waals surface area contributed by atoms with Crippen molar-refractivity contribution in [2.24, 2.45) is 0 Å². The molecule has 0 saturated carbocycles. The molecule has 0 aromatic heterocycles. The summed E-state index contributed by atoms with van der Waals surface area (Å²) < 4.78 is 10.9. The summed E-state index contributed by atoms with van der Waals surface area (Å²) in [7, 11) is 1.49. The van der Waals surface area contributed by atoms with Crippen LogP contribution in [0.15, 0.2) is 66.2 Å². The predicted molar refractivity (Wildman–Crippen MR) is 144 cm³/mol. The summed E-state index contributed by atoms with van der Waals surface area (Å²) in [5.74, 6) is -1.57. The molecule has 38 heavy (non-hydrogen) atoms. The van der Waals surface area contributed by atoms with Gasteiger partial charge in [-0.25, -0.2) is 9.69 Å². The van der Waals surface area contributed by atoms with E-state index in [0.29, 0.717) is 21.5 Å². The van der Waals surface area contributed by atoms with Crippen LogP contribution < -0.4 is 25.0 Å². The van der Waals surface area contributed by atoms with Gasteiger partial charge in [0.1, 0.15) is 17.1 Å². The molecule has 3 aromatic carbocycles. The maximum absolute atomic E-state index is 13.3. The van der Waals surface area contributed by atoms with Crippen molar-refractivity contribution >= 4 is 64.4 Å². The molecular formula is C27H21Cl2N3O6. The molecule has 1 saturated heterocycles. The van der Waals surface area contributed by atoms with Gasteiger partial charge in [0.2, 0.25) is 0 Å². The Bertz CT molecular complexity index is 1490. The van der Waals surface area contributed by atoms with Crippen LogP contribution in [0.1, 0.15) is 11.1 Å². The van der Waals surface area contributed by atoms with E-state index in [1.54, 1.807) is 43.3 Å². The first-order chi connectivity index (χ1) is 18.2. The first-order valence-corrected chi connectivity index (χ1v) is 12.0. The number of ether oxygens (including phenoxy) is 2. The van der Waals surface area contributed by atoms with Gasteiger partial charge in [-0.2, -0.15) is 0 Å². The Kier molecular flexibility index (Phi) is 7.99. The second-order valence-corrected chi connectivity index (χ2v) is 8.95. The second kappa shape index (κ2) is 11.4. The van der Waals surface area contributed by atoms with E-state index in [4.69, 9.17) is 32.7 Å². The lowest BCUT2D eigenvalue weighted by Gasteiger charge is -2.26. The maximum Gasteiger partial charge on any atom is 0.335 e. The normalized spacial score (nSPS) is 14.4. The van der Waals surface area contributed by atoms with Crippen molar-refractivity contribution in [3.8, 4) is 11.5 Å². The van der Waals surface area contributed by atoms with Crippen molar-refractivity contribution in [2.45, 2.75) is 6.92 Å². The highest BCUT2D eigenvalue weighted by molar-refractivity contribution is 6.39. The fourth-order valence-corrected chi connectivity index (χ4v) is 3.96. The molecule has 11 heteroatoms. The number of carbonyl (C=O) groups excluding carboxylic acids is 4. The lowest BCUT2D eigenvalue weighted by atomic mass is 10.1. The first-order valence-electron chi connectivity index (χ1n) is 11.2. The molecule has 0 unspecified atom stereocenters. The molecule has 2 N–H and O–H groups in total. The van der Waals surface area contributed by atoms with Crippen LogP contribution in [-0.2, 0) is 14.4 Å². The highest BCUT2D eigenvalue weighted by Gasteiger charge is 2.37. The van der Waals surface area contributed by atoms with E-state index in [-0.39, 0.29) is 29.2 Å². The number of aryl methyl sites for hydroxylation is 1. The van der Waals surface area contributed by atoms with Crippen LogP contribution in [0.25, 0.3) is 6.08 Å². The Morgan fingerprint density at radius 2 is 1.79 bits per heavy atom. The van der Waals surface area contributed by atoms with Crippen LogP contribution in [0, 0.1) is 6.92 Å². The van der Waals surface area contributed by atoms with E-state index in [1.807, 2.05) is 0 Å². The number of hydrogen-bond donors (Lipinski definition) is 2. The van der Waals surface area contributed by atoms with Gasteiger partial charge in [-0.1, -0.05) is 41.4 Å². The molecule has 4 rings (SSSR count). The average Bonchev–Trinajstić information content (AvgIpc) is 2.88. The smallest absolute Gasteiger partial charge is 0.335 e. The fraction of sp³-hybridized carbons (Fsp3) is 0.111. The minimum atomic E-state index is -0.910. The molecule has 1 aliphatic heterocycles. The van der Waals surface area contributed by atoms with E-state index >= 15 is 0 Å². The Morgan fingerprint density at radius 1 is 1.03 bits per heavy atom. The molecule has 0 radical (unpaired) electrons. The van der Waals surface area contributed by atoms with Gasteiger partial charge in [0.15, 0.2) is 6.61 Å². The Balaban J connectivity index is 1.59. The van der Waals surface area contributed by atoms with Crippen molar-refractivity contribution in [1.82, 2.24) is 5.32 Å². The van der Waals surface area contributed by atoms with Crippen molar-refractivity contribution in [3.05, 3.63) is 87.4 Å². The van der Waals surface area contributed by atoms with Crippen molar-refractivity contribution in [2.75, 3.05) is 23.9 Å². The number of amides is 5. The zero-order chi connectivity index (χ0) is 27.4. The quantitative estimate of drug-likeness (QED) is 0.314. The summed E-state index contributed by atoms with van der Waals surface area (Å²) in [4.78, 5) is 51.7. The van der Waals surface area contributed by atoms with E-state index in [0.717, 1.165) is 10.5 Å². The number of hydrogen-bond acceptors (Lipinski definition) is 6. The maximum atomic E-state index is 13.3. The average molecular weight is 554 g/mol. The van der Waals surface area contributed by atoms with E-state index in [2.05, 4.69) is 10.6 Å². The minimum absolute atomic E-state index is 0.180. The summed E-state index contributed by atoms with van der Waals surface area (Å²) in [6, 6.07) is 15.1. The van der Waals surface area contributed by atoms with Gasteiger partial charge in [0.25, 0.3) is 17.7 Å². The summed E-state index contributed by atoms with van der Waals surface area (Å²) in [5.41, 5.74) is 1.32. The highest BCUT2D eigenvalue weighted by atomic mass is 35.5. The van der Waals surface area contributed by atoms with Crippen LogP contribution in [0.5, 0.6) is 11.5 Å². The summed E-state index contributed by atoms with van der Waals surface area (Å²) in [6.07, 6.45) is 1.24. The standard InChI is InChI=1S/C27H21Cl2N3O6/c1-15-7-9-18(13-20(15)29)32-26(35)19(25(34)31-27(32)36)12-16-11-17(28)8-10-22(16)38-14-24(33)30-21-5-3-4-6-23(21)37-2/h3-13H,14H2,1-2H3,(H,30,33)(H,31,34,36)/b19-12+. The number of imide groups is 2. The van der Waals surface area contributed by atoms with Gasteiger partial charge < -0.3 is 14.8 Å². The molecule has 1 fully saturated rings. The summed E-state index contributed by atoms with van der Waals surface area (Å²) >= 11 is 12.3. The zero-order valence-corrected chi connectivity index (χ0v) is 21.7. The third-order valence-corrected chi connectivity index (χ3v) is 6.17. The van der Waals surface area contributed by atoms with Gasteiger partial charge in [-0.15, -0.1) is 0 Å². The fourth-order valence-electron chi connectivity index (χ4n) is 3.61. The number of barbiturate groups is 1. The number of rotatable bonds is 7. The molecule has 3 aromatic rings. The molecular weight excluding hydrogens is 533 g/mol. The zero-order valence-electron chi connectivity index (χ0n) is 20.2. The van der Waals surface area contributed by atoms with Gasteiger partial charge in [0, 0.05) is 15.6 Å². The topological polar surface area (TPSA) is 114 Å². The largest absolute Gasteiger partial charge is 0.495 e. The van der Waals surface area contributed by atoms with Gasteiger partial charge >= 0.3 is 6.03 Å². The Hall–Kier alpha value is -4.34. The Labute approximate surface area is 227 Å². The molecule has 1 aliphatic rings. The predicted octanol–water partition coefficient (Wildman–Crippen LogP) is 4.99. The molecule has 9 nitrogen and oxygen atoms in total. The number of urea groups is 1. The number of nitrogens with zero attached hydrogens (tertiary/aromatic N) is 1. The van der Waals surface area contributed by atoms with Crippen molar-refractivity contribution < 1.29 is 28.7 Å². The minimum Gasteiger partial charge on any atom is -0.495 e. The third-order valence-electron chi connectivity index (χ3n) is 5.53. The summed E-state index contributed by atoms with van der Waals surface area (Å²) in [5, 5.41) is 5.49. The molecule has 194 valence electrons. The van der Waals surface area contributed by atoms with E-state index in [1.165, 1.54) is 37.5 Å². The second-order valence-electron chi connectivity index (χ2n) is 8.11. The Morgan fingerprint density at radius 3 is 2.53 bits per heavy atom. The molecule has 0 atom stereocenters. The van der Waals surface area contributed by atoms with Gasteiger partial charge in [0.05, 0.1) is 18.5 Å². The number of para-hydroxylation sites is 2. The number of methoxy groups -OCH3 is 1. The molecule has 0 bridgehead atoms. The van der Waals surface area contributed by atoms with E-state index < -0.39 is 23.8 Å². The number of anilines is 2. The summed E-state index contributed by atoms with van der Waals surface area (Å²) in [6.45, 7) is 1.39. The highest BCUT2D eigenvalue weighted by Crippen LogP contribution is 2.30. The van der Waals surface area contributed by atoms with Crippen LogP contribution in [0.3, 0.4) is 0 Å². The number of benzene rings is 3. The van der Waals surface area contributed by atoms with Crippen LogP contribution >= 0.6 is 23.2 Å². The number of carbonyl (C=O) groups is 4. The molecule has 0 aliphatic carbocycles. The lowest BCUT2D eigenvalue weighted by molar-refractivity contribution is -0.122. The molecule has 0 spiro atoms. The SMILES string of the molecule is COc1ccccc1NC(=O)COc1ccc(Cl)cc1/C=C1\C(=O)NC(=O)N(c2ccc(C)c(Cl)c2)C1=O. The third kappa shape index (κ3) is 5.80. The van der Waals surface area contributed by atoms with Crippen LogP contribution in [-0.4, -0.2) is 37.5 Å². The van der Waals surface area contributed by atoms with Crippen LogP contribution in [0.4, 0.5) is 16.2 Å². The van der Waals surface area contributed by atoms with Crippen LogP contribution in [0.2, 0.25) is 10.0 Å². The van der Waals surface area contributed by atoms with Gasteiger partial charge in [-0.3, -0.25) is 19.7 Å². The number of halogens is 2. The van der Waals surface area contributed by atoms with Crippen molar-refractivity contribution in [1.29, 1.82) is 0 Å². The molecule has 1 heterocycles. The number of nitrogens with one attached hydrogen (secondary N) is 2. The monoisotopic (exact) mass is 553 g/mol. The molecule has 5 amide bonds. The van der Waals surface area contributed by atoms with Crippen molar-refractivity contribution in [3.63, 3.8) is 0 Å².